The van der Waals surface area contributed by atoms with E-state index in [4.69, 9.17) is 4.84 Å². The molecule has 9 heteroatoms. The standard InChI is InChI=1S/C14H19F3N4O2/c1-13(2,3)12(22)23-21-6-4-20(5-7-21)11-8-10(9-18-19-11)14(15,16)17/h8-9H,4-7H2,1-3H3. The number of anilines is 1. The lowest BCUT2D eigenvalue weighted by molar-refractivity contribution is -0.201. The fourth-order valence-electron chi connectivity index (χ4n) is 1.93. The summed E-state index contributed by atoms with van der Waals surface area (Å²) in [6, 6.07) is 0.976. The first-order valence-corrected chi connectivity index (χ1v) is 7.19. The molecule has 1 aliphatic rings. The van der Waals surface area contributed by atoms with Gasteiger partial charge in [-0.2, -0.15) is 18.3 Å². The minimum atomic E-state index is -4.45. The molecule has 2 heterocycles. The van der Waals surface area contributed by atoms with Crippen molar-refractivity contribution in [3.05, 3.63) is 17.8 Å². The molecule has 0 bridgehead atoms. The Balaban J connectivity index is 1.96. The summed E-state index contributed by atoms with van der Waals surface area (Å²) in [5.74, 6) is -0.175. The molecule has 1 aromatic rings. The predicted octanol–water partition coefficient (Wildman–Crippen LogP) is 2.12. The fourth-order valence-corrected chi connectivity index (χ4v) is 1.93. The summed E-state index contributed by atoms with van der Waals surface area (Å²) in [6.07, 6.45) is -3.75. The molecule has 1 saturated heterocycles. The van der Waals surface area contributed by atoms with Crippen molar-refractivity contribution in [2.75, 3.05) is 31.1 Å². The third-order valence-electron chi connectivity index (χ3n) is 3.36. The topological polar surface area (TPSA) is 58.6 Å². The fraction of sp³-hybridized carbons (Fsp3) is 0.643. The van der Waals surface area contributed by atoms with Crippen molar-refractivity contribution in [2.24, 2.45) is 5.41 Å². The summed E-state index contributed by atoms with van der Waals surface area (Å²) in [6.45, 7) is 6.83. The van der Waals surface area contributed by atoms with Crippen LogP contribution in [0, 0.1) is 5.41 Å². The molecular formula is C14H19F3N4O2. The van der Waals surface area contributed by atoms with Gasteiger partial charge in [-0.3, -0.25) is 0 Å². The Hall–Kier alpha value is -1.90. The second-order valence-electron chi connectivity index (χ2n) is 6.35. The molecule has 0 atom stereocenters. The van der Waals surface area contributed by atoms with Gasteiger partial charge in [0.05, 0.1) is 30.3 Å². The van der Waals surface area contributed by atoms with E-state index in [0.717, 1.165) is 6.07 Å². The Morgan fingerprint density at radius 1 is 1.17 bits per heavy atom. The summed E-state index contributed by atoms with van der Waals surface area (Å²) in [5, 5.41) is 8.69. The van der Waals surface area contributed by atoms with Crippen molar-refractivity contribution < 1.29 is 22.8 Å². The third kappa shape index (κ3) is 4.54. The van der Waals surface area contributed by atoms with Gasteiger partial charge in [0.2, 0.25) is 0 Å². The van der Waals surface area contributed by atoms with Gasteiger partial charge in [0, 0.05) is 13.1 Å². The zero-order valence-corrected chi connectivity index (χ0v) is 13.2. The van der Waals surface area contributed by atoms with E-state index in [-0.39, 0.29) is 11.8 Å². The Morgan fingerprint density at radius 2 is 1.78 bits per heavy atom. The lowest BCUT2D eigenvalue weighted by Crippen LogP contribution is -2.48. The van der Waals surface area contributed by atoms with Gasteiger partial charge in [-0.1, -0.05) is 0 Å². The highest BCUT2D eigenvalue weighted by atomic mass is 19.4. The molecule has 1 fully saturated rings. The first-order valence-electron chi connectivity index (χ1n) is 7.19. The number of halogens is 3. The summed E-state index contributed by atoms with van der Waals surface area (Å²) >= 11 is 0. The Bertz CT molecular complexity index is 564. The van der Waals surface area contributed by atoms with E-state index < -0.39 is 17.2 Å². The van der Waals surface area contributed by atoms with E-state index >= 15 is 0 Å². The maximum absolute atomic E-state index is 12.7. The number of piperazine rings is 1. The average molecular weight is 332 g/mol. The summed E-state index contributed by atoms with van der Waals surface area (Å²) in [7, 11) is 0. The van der Waals surface area contributed by atoms with Crippen LogP contribution < -0.4 is 4.90 Å². The lowest BCUT2D eigenvalue weighted by Gasteiger charge is -2.34. The molecule has 0 amide bonds. The highest BCUT2D eigenvalue weighted by Crippen LogP contribution is 2.30. The monoisotopic (exact) mass is 332 g/mol. The average Bonchev–Trinajstić information content (AvgIpc) is 2.46. The minimum Gasteiger partial charge on any atom is -0.367 e. The molecule has 6 nitrogen and oxygen atoms in total. The van der Waals surface area contributed by atoms with Crippen molar-refractivity contribution in [3.8, 4) is 0 Å². The van der Waals surface area contributed by atoms with Crippen molar-refractivity contribution in [2.45, 2.75) is 26.9 Å². The number of hydroxylamine groups is 2. The van der Waals surface area contributed by atoms with Crippen molar-refractivity contribution in [3.63, 3.8) is 0 Å². The largest absolute Gasteiger partial charge is 0.418 e. The molecule has 0 N–H and O–H groups in total. The number of aromatic nitrogens is 2. The molecule has 1 aliphatic heterocycles. The quantitative estimate of drug-likeness (QED) is 0.827. The lowest BCUT2D eigenvalue weighted by atomic mass is 9.98. The summed E-state index contributed by atoms with van der Waals surface area (Å²) in [5.41, 5.74) is -1.44. The van der Waals surface area contributed by atoms with Crippen LogP contribution in [0.2, 0.25) is 0 Å². The molecule has 23 heavy (non-hydrogen) atoms. The van der Waals surface area contributed by atoms with Crippen LogP contribution in [0.4, 0.5) is 19.0 Å². The van der Waals surface area contributed by atoms with E-state index in [0.29, 0.717) is 32.4 Å². The molecule has 128 valence electrons. The van der Waals surface area contributed by atoms with E-state index in [1.165, 1.54) is 5.06 Å². The Labute approximate surface area is 132 Å². The summed E-state index contributed by atoms with van der Waals surface area (Å²) < 4.78 is 38.1. The molecule has 0 aliphatic carbocycles. The molecule has 0 spiro atoms. The van der Waals surface area contributed by atoms with Gasteiger partial charge >= 0.3 is 12.1 Å². The van der Waals surface area contributed by atoms with Crippen molar-refractivity contribution in [1.82, 2.24) is 15.3 Å². The molecular weight excluding hydrogens is 313 g/mol. The number of nitrogens with zero attached hydrogens (tertiary/aromatic N) is 4. The van der Waals surface area contributed by atoms with Gasteiger partial charge in [0.1, 0.15) is 0 Å². The number of carbonyl (C=O) groups is 1. The SMILES string of the molecule is CC(C)(C)C(=O)ON1CCN(c2cc(C(F)(F)F)cnn2)CC1. The molecule has 0 radical (unpaired) electrons. The first kappa shape index (κ1) is 17.5. The number of hydrogen-bond donors (Lipinski definition) is 0. The maximum Gasteiger partial charge on any atom is 0.418 e. The van der Waals surface area contributed by atoms with Gasteiger partial charge in [-0.25, -0.2) is 4.79 Å². The first-order chi connectivity index (χ1) is 10.6. The van der Waals surface area contributed by atoms with E-state index in [1.54, 1.807) is 25.7 Å². The molecule has 0 saturated carbocycles. The molecule has 2 rings (SSSR count). The highest BCUT2D eigenvalue weighted by Gasteiger charge is 2.33. The van der Waals surface area contributed by atoms with Gasteiger partial charge in [0.25, 0.3) is 0 Å². The molecule has 0 aromatic carbocycles. The van der Waals surface area contributed by atoms with Crippen LogP contribution in [-0.4, -0.2) is 47.4 Å². The predicted molar refractivity (Wildman–Crippen MR) is 76.4 cm³/mol. The van der Waals surface area contributed by atoms with Crippen LogP contribution in [0.3, 0.4) is 0 Å². The zero-order chi connectivity index (χ0) is 17.3. The Kier molecular flexibility index (Phi) is 4.79. The number of hydrogen-bond acceptors (Lipinski definition) is 6. The van der Waals surface area contributed by atoms with Crippen molar-refractivity contribution >= 4 is 11.8 Å². The highest BCUT2D eigenvalue weighted by molar-refractivity contribution is 5.75. The molecule has 1 aromatic heterocycles. The Morgan fingerprint density at radius 3 is 2.30 bits per heavy atom. The van der Waals surface area contributed by atoms with E-state index in [9.17, 15) is 18.0 Å². The minimum absolute atomic E-state index is 0.168. The number of carbonyl (C=O) groups excluding carboxylic acids is 1. The van der Waals surface area contributed by atoms with Gasteiger partial charge in [0.15, 0.2) is 5.82 Å². The molecule has 0 unspecified atom stereocenters. The smallest absolute Gasteiger partial charge is 0.367 e. The number of alkyl halides is 3. The van der Waals surface area contributed by atoms with Crippen LogP contribution in [0.1, 0.15) is 26.3 Å². The second-order valence-corrected chi connectivity index (χ2v) is 6.35. The van der Waals surface area contributed by atoms with Crippen molar-refractivity contribution in [1.29, 1.82) is 0 Å². The number of rotatable bonds is 2. The van der Waals surface area contributed by atoms with Crippen LogP contribution in [0.15, 0.2) is 12.3 Å². The summed E-state index contributed by atoms with van der Waals surface area (Å²) in [4.78, 5) is 18.8. The van der Waals surface area contributed by atoms with Gasteiger partial charge in [-0.15, -0.1) is 10.2 Å². The van der Waals surface area contributed by atoms with Crippen LogP contribution in [0.25, 0.3) is 0 Å². The second kappa shape index (κ2) is 6.31. The van der Waals surface area contributed by atoms with E-state index in [1.807, 2.05) is 0 Å². The van der Waals surface area contributed by atoms with Gasteiger partial charge in [-0.05, 0) is 26.8 Å². The van der Waals surface area contributed by atoms with E-state index in [2.05, 4.69) is 10.2 Å². The normalized spacial score (nSPS) is 17.2. The van der Waals surface area contributed by atoms with Gasteiger partial charge < -0.3 is 9.74 Å². The maximum atomic E-state index is 12.7. The van der Waals surface area contributed by atoms with Crippen LogP contribution >= 0.6 is 0 Å². The third-order valence-corrected chi connectivity index (χ3v) is 3.36. The zero-order valence-electron chi connectivity index (χ0n) is 13.2. The van der Waals surface area contributed by atoms with Crippen LogP contribution in [-0.2, 0) is 15.8 Å². The van der Waals surface area contributed by atoms with Crippen LogP contribution in [0.5, 0.6) is 0 Å².